The van der Waals surface area contributed by atoms with E-state index < -0.39 is 9.84 Å². The number of nitrogens with one attached hydrogen (secondary N) is 1. The molecule has 86 valence electrons. The molecule has 1 aliphatic heterocycles. The van der Waals surface area contributed by atoms with Crippen molar-refractivity contribution in [3.63, 3.8) is 0 Å². The minimum Gasteiger partial charge on any atom is -0.313 e. The van der Waals surface area contributed by atoms with Gasteiger partial charge in [0.05, 0.1) is 4.90 Å². The van der Waals surface area contributed by atoms with Crippen molar-refractivity contribution in [1.82, 2.24) is 5.32 Å². The summed E-state index contributed by atoms with van der Waals surface area (Å²) in [5.74, 6) is 0. The molecule has 1 unspecified atom stereocenters. The minimum atomic E-state index is -3.26. The van der Waals surface area contributed by atoms with Crippen LogP contribution in [0.1, 0.15) is 12.5 Å². The molecule has 0 aromatic heterocycles. The summed E-state index contributed by atoms with van der Waals surface area (Å²) in [5, 5.41) is 4.41. The van der Waals surface area contributed by atoms with Crippen LogP contribution in [0.2, 0.25) is 0 Å². The Hall–Kier alpha value is -0.650. The number of hydrogen-bond acceptors (Lipinski definition) is 3. The van der Waals surface area contributed by atoms with Crippen LogP contribution >= 0.6 is 15.9 Å². The SMILES string of the molecule is CNC(C)C1=CS(=O)(=O)c2cccc(Br)c21. The minimum absolute atomic E-state index is 0.00900. The zero-order chi connectivity index (χ0) is 11.9. The highest BCUT2D eigenvalue weighted by Gasteiger charge is 2.30. The molecule has 0 fully saturated rings. The van der Waals surface area contributed by atoms with Crippen LogP contribution in [0.15, 0.2) is 33.0 Å². The molecule has 0 amide bonds. The summed E-state index contributed by atoms with van der Waals surface area (Å²) in [5.41, 5.74) is 1.59. The summed E-state index contributed by atoms with van der Waals surface area (Å²) in [6.45, 7) is 1.94. The standard InChI is InChI=1S/C11H12BrNO2S/c1-7(13-2)8-6-16(14,15)10-5-3-4-9(12)11(8)10/h3-7,13H,1-2H3. The predicted molar refractivity (Wildman–Crippen MR) is 67.8 cm³/mol. The van der Waals surface area contributed by atoms with Gasteiger partial charge in [-0.3, -0.25) is 0 Å². The maximum absolute atomic E-state index is 11.9. The molecule has 2 rings (SSSR count). The molecule has 1 heterocycles. The molecule has 1 aliphatic rings. The highest BCUT2D eigenvalue weighted by Crippen LogP contribution is 2.39. The number of sulfone groups is 1. The van der Waals surface area contributed by atoms with Crippen LogP contribution in [0.25, 0.3) is 5.57 Å². The van der Waals surface area contributed by atoms with E-state index in [4.69, 9.17) is 0 Å². The molecule has 0 saturated carbocycles. The summed E-state index contributed by atoms with van der Waals surface area (Å²) < 4.78 is 24.6. The fourth-order valence-electron chi connectivity index (χ4n) is 1.79. The van der Waals surface area contributed by atoms with Gasteiger partial charge in [-0.2, -0.15) is 0 Å². The third-order valence-corrected chi connectivity index (χ3v) is 4.93. The van der Waals surface area contributed by atoms with Crippen LogP contribution in [-0.4, -0.2) is 21.5 Å². The topological polar surface area (TPSA) is 46.2 Å². The molecule has 0 spiro atoms. The van der Waals surface area contributed by atoms with Crippen molar-refractivity contribution in [2.45, 2.75) is 17.9 Å². The number of rotatable bonds is 2. The Balaban J connectivity index is 2.72. The first-order chi connectivity index (χ1) is 7.47. The maximum atomic E-state index is 11.9. The fourth-order valence-corrected chi connectivity index (χ4v) is 4.08. The molecule has 1 aromatic carbocycles. The van der Waals surface area contributed by atoms with Crippen molar-refractivity contribution in [2.75, 3.05) is 7.05 Å². The van der Waals surface area contributed by atoms with Crippen LogP contribution in [0.3, 0.4) is 0 Å². The lowest BCUT2D eigenvalue weighted by atomic mass is 10.0. The highest BCUT2D eigenvalue weighted by atomic mass is 79.9. The normalized spacial score (nSPS) is 19.1. The van der Waals surface area contributed by atoms with Crippen molar-refractivity contribution in [1.29, 1.82) is 0 Å². The monoisotopic (exact) mass is 301 g/mol. The number of likely N-dealkylation sites (N-methyl/N-ethyl adjacent to an activating group) is 1. The predicted octanol–water partition coefficient (Wildman–Crippen LogP) is 2.19. The van der Waals surface area contributed by atoms with Gasteiger partial charge in [0.2, 0.25) is 9.84 Å². The van der Waals surface area contributed by atoms with Crippen molar-refractivity contribution in [3.8, 4) is 0 Å². The second-order valence-electron chi connectivity index (χ2n) is 3.74. The van der Waals surface area contributed by atoms with Gasteiger partial charge in [0, 0.05) is 21.5 Å². The summed E-state index contributed by atoms with van der Waals surface area (Å²) in [7, 11) is -1.45. The number of fused-ring (bicyclic) bond motifs is 1. The van der Waals surface area contributed by atoms with E-state index in [1.165, 1.54) is 5.41 Å². The first-order valence-corrected chi connectivity index (χ1v) is 7.24. The molecule has 1 aromatic rings. The van der Waals surface area contributed by atoms with E-state index in [0.29, 0.717) is 4.90 Å². The van der Waals surface area contributed by atoms with Gasteiger partial charge in [0.15, 0.2) is 0 Å². The Morgan fingerprint density at radius 2 is 2.06 bits per heavy atom. The van der Waals surface area contributed by atoms with Gasteiger partial charge in [0.1, 0.15) is 0 Å². The Bertz CT molecular complexity index is 563. The molecule has 16 heavy (non-hydrogen) atoms. The zero-order valence-corrected chi connectivity index (χ0v) is 11.4. The van der Waals surface area contributed by atoms with Gasteiger partial charge < -0.3 is 5.32 Å². The molecule has 0 saturated heterocycles. The molecule has 0 radical (unpaired) electrons. The van der Waals surface area contributed by atoms with Gasteiger partial charge in [-0.25, -0.2) is 8.42 Å². The third kappa shape index (κ3) is 1.73. The zero-order valence-electron chi connectivity index (χ0n) is 8.99. The Morgan fingerprint density at radius 1 is 1.38 bits per heavy atom. The van der Waals surface area contributed by atoms with Crippen LogP contribution in [0.4, 0.5) is 0 Å². The number of halogens is 1. The first kappa shape index (κ1) is 11.8. The van der Waals surface area contributed by atoms with Gasteiger partial charge in [-0.1, -0.05) is 22.0 Å². The van der Waals surface area contributed by atoms with Crippen molar-refractivity contribution >= 4 is 31.3 Å². The molecule has 1 N–H and O–H groups in total. The number of benzene rings is 1. The van der Waals surface area contributed by atoms with Crippen LogP contribution in [0.5, 0.6) is 0 Å². The maximum Gasteiger partial charge on any atom is 0.200 e. The van der Waals surface area contributed by atoms with Gasteiger partial charge in [-0.15, -0.1) is 0 Å². The third-order valence-electron chi connectivity index (χ3n) is 2.75. The first-order valence-electron chi connectivity index (χ1n) is 4.90. The van der Waals surface area contributed by atoms with Crippen LogP contribution in [0, 0.1) is 0 Å². The second kappa shape index (κ2) is 3.98. The van der Waals surface area contributed by atoms with E-state index in [2.05, 4.69) is 21.2 Å². The second-order valence-corrected chi connectivity index (χ2v) is 6.36. The molecular formula is C11H12BrNO2S. The molecule has 0 bridgehead atoms. The van der Waals surface area contributed by atoms with E-state index in [0.717, 1.165) is 15.6 Å². The van der Waals surface area contributed by atoms with Gasteiger partial charge >= 0.3 is 0 Å². The lowest BCUT2D eigenvalue weighted by Gasteiger charge is -2.13. The number of hydrogen-bond donors (Lipinski definition) is 1. The van der Waals surface area contributed by atoms with E-state index >= 15 is 0 Å². The van der Waals surface area contributed by atoms with E-state index in [-0.39, 0.29) is 6.04 Å². The lowest BCUT2D eigenvalue weighted by Crippen LogP contribution is -2.22. The summed E-state index contributed by atoms with van der Waals surface area (Å²) >= 11 is 3.40. The largest absolute Gasteiger partial charge is 0.313 e. The lowest BCUT2D eigenvalue weighted by molar-refractivity contribution is 0.605. The molecule has 3 nitrogen and oxygen atoms in total. The average molecular weight is 302 g/mol. The van der Waals surface area contributed by atoms with Crippen LogP contribution in [-0.2, 0) is 9.84 Å². The smallest absolute Gasteiger partial charge is 0.200 e. The van der Waals surface area contributed by atoms with Gasteiger partial charge in [0.25, 0.3) is 0 Å². The highest BCUT2D eigenvalue weighted by molar-refractivity contribution is 9.10. The van der Waals surface area contributed by atoms with Crippen molar-refractivity contribution in [3.05, 3.63) is 33.6 Å². The Morgan fingerprint density at radius 3 is 2.69 bits per heavy atom. The van der Waals surface area contributed by atoms with Gasteiger partial charge in [-0.05, 0) is 31.7 Å². The molecule has 1 atom stereocenters. The average Bonchev–Trinajstić information content (AvgIpc) is 2.52. The van der Waals surface area contributed by atoms with E-state index in [1.54, 1.807) is 12.1 Å². The van der Waals surface area contributed by atoms with Crippen molar-refractivity contribution in [2.24, 2.45) is 0 Å². The van der Waals surface area contributed by atoms with Crippen molar-refractivity contribution < 1.29 is 8.42 Å². The summed E-state index contributed by atoms with van der Waals surface area (Å²) in [6.07, 6.45) is 0. The van der Waals surface area contributed by atoms with E-state index in [1.807, 2.05) is 20.0 Å². The van der Waals surface area contributed by atoms with Crippen LogP contribution < -0.4 is 5.32 Å². The quantitative estimate of drug-likeness (QED) is 0.911. The Labute approximate surface area is 104 Å². The summed E-state index contributed by atoms with van der Waals surface area (Å²) in [4.78, 5) is 0.388. The Kier molecular flexibility index (Phi) is 2.94. The molecule has 5 heteroatoms. The fraction of sp³-hybridized carbons (Fsp3) is 0.273. The molecule has 0 aliphatic carbocycles. The summed E-state index contributed by atoms with van der Waals surface area (Å²) in [6, 6.07) is 5.24. The molecular weight excluding hydrogens is 290 g/mol. The van der Waals surface area contributed by atoms with E-state index in [9.17, 15) is 8.42 Å².